The molecule has 0 saturated carbocycles. The van der Waals surface area contributed by atoms with Crippen molar-refractivity contribution in [2.45, 2.75) is 19.5 Å². The zero-order valence-corrected chi connectivity index (χ0v) is 20.1. The summed E-state index contributed by atoms with van der Waals surface area (Å²) in [7, 11) is 3.11. The predicted molar refractivity (Wildman–Crippen MR) is 137 cm³/mol. The first-order valence-corrected chi connectivity index (χ1v) is 11.6. The third kappa shape index (κ3) is 4.79. The van der Waals surface area contributed by atoms with Crippen LogP contribution >= 0.6 is 0 Å². The summed E-state index contributed by atoms with van der Waals surface area (Å²) in [6.45, 7) is 0.958. The number of carbonyl (C=O) groups excluding carboxylic acids is 2. The van der Waals surface area contributed by atoms with Gasteiger partial charge in [0.1, 0.15) is 17.3 Å². The van der Waals surface area contributed by atoms with Crippen molar-refractivity contribution in [3.8, 4) is 22.8 Å². The average Bonchev–Trinajstić information content (AvgIpc) is 3.35. The van der Waals surface area contributed by atoms with Gasteiger partial charge in [0.15, 0.2) is 0 Å². The Morgan fingerprint density at radius 3 is 2.31 bits per heavy atom. The Labute approximate surface area is 209 Å². The predicted octanol–water partition coefficient (Wildman–Crippen LogP) is 4.76. The lowest BCUT2D eigenvalue weighted by atomic mass is 10.1. The van der Waals surface area contributed by atoms with E-state index in [1.807, 2.05) is 53.2 Å². The van der Waals surface area contributed by atoms with Gasteiger partial charge < -0.3 is 14.8 Å². The lowest BCUT2D eigenvalue weighted by molar-refractivity contribution is -0.119. The van der Waals surface area contributed by atoms with Gasteiger partial charge in [-0.05, 0) is 17.7 Å². The van der Waals surface area contributed by atoms with Gasteiger partial charge in [0.25, 0.3) is 5.91 Å². The molecular weight excluding hydrogens is 456 g/mol. The molecule has 0 fully saturated rings. The highest BCUT2D eigenvalue weighted by Gasteiger charge is 2.26. The highest BCUT2D eigenvalue weighted by Crippen LogP contribution is 2.29. The molecule has 2 heterocycles. The van der Waals surface area contributed by atoms with Crippen molar-refractivity contribution in [1.29, 1.82) is 0 Å². The van der Waals surface area contributed by atoms with Crippen LogP contribution in [0.25, 0.3) is 11.3 Å². The molecule has 2 amide bonds. The number of nitrogens with one attached hydrogen (secondary N) is 1. The van der Waals surface area contributed by atoms with E-state index in [1.54, 1.807) is 49.5 Å². The molecule has 182 valence electrons. The minimum Gasteiger partial charge on any atom is -0.497 e. The van der Waals surface area contributed by atoms with Crippen LogP contribution in [0.1, 0.15) is 22.3 Å². The second kappa shape index (κ2) is 9.95. The third-order valence-corrected chi connectivity index (χ3v) is 6.11. The number of carbonyl (C=O) groups is 2. The van der Waals surface area contributed by atoms with Crippen molar-refractivity contribution in [3.63, 3.8) is 0 Å². The van der Waals surface area contributed by atoms with Gasteiger partial charge in [0.05, 0.1) is 33.0 Å². The van der Waals surface area contributed by atoms with Crippen molar-refractivity contribution in [3.05, 3.63) is 90.0 Å². The normalized spacial score (nSPS) is 12.7. The van der Waals surface area contributed by atoms with Gasteiger partial charge in [-0.2, -0.15) is 5.10 Å². The molecule has 0 saturated heterocycles. The molecule has 0 aliphatic carbocycles. The average molecular weight is 483 g/mol. The molecule has 1 N–H and O–H groups in total. The van der Waals surface area contributed by atoms with Gasteiger partial charge in [-0.3, -0.25) is 14.5 Å². The first-order valence-electron chi connectivity index (χ1n) is 11.6. The standard InChI is InChI=1S/C28H26N4O4/c1-35-23-14-22(15-24(16-23)36-2)29-28(34)21-10-8-19(9-11-21)18-31-26-17-25(20-6-4-3-5-7-20)30-32(26)13-12-27(31)33/h3-11,14-17H,12-13,18H2,1-2H3,(H,29,34). The SMILES string of the molecule is COc1cc(NC(=O)c2ccc(CN3C(=O)CCn4nc(-c5ccccc5)cc43)cc2)cc(OC)c1. The molecule has 3 aromatic carbocycles. The van der Waals surface area contributed by atoms with Crippen molar-refractivity contribution < 1.29 is 19.1 Å². The summed E-state index contributed by atoms with van der Waals surface area (Å²) in [5.41, 5.74) is 3.84. The molecule has 1 aliphatic heterocycles. The van der Waals surface area contributed by atoms with Crippen LogP contribution in [0.3, 0.4) is 0 Å². The Hall–Kier alpha value is -4.59. The lowest BCUT2D eigenvalue weighted by Gasteiger charge is -2.27. The van der Waals surface area contributed by atoms with Crippen LogP contribution in [0.5, 0.6) is 11.5 Å². The minimum atomic E-state index is -0.253. The summed E-state index contributed by atoms with van der Waals surface area (Å²) in [6.07, 6.45) is 0.396. The summed E-state index contributed by atoms with van der Waals surface area (Å²) >= 11 is 0. The molecule has 8 nitrogen and oxygen atoms in total. The number of benzene rings is 3. The Kier molecular flexibility index (Phi) is 6.40. The molecule has 0 bridgehead atoms. The van der Waals surface area contributed by atoms with Gasteiger partial charge in [-0.15, -0.1) is 0 Å². The lowest BCUT2D eigenvalue weighted by Crippen LogP contribution is -2.36. The fourth-order valence-electron chi connectivity index (χ4n) is 4.20. The van der Waals surface area contributed by atoms with E-state index in [9.17, 15) is 9.59 Å². The van der Waals surface area contributed by atoms with Gasteiger partial charge >= 0.3 is 0 Å². The molecule has 36 heavy (non-hydrogen) atoms. The molecule has 1 aromatic heterocycles. The number of aryl methyl sites for hydroxylation is 1. The number of anilines is 2. The molecule has 8 heteroatoms. The minimum absolute atomic E-state index is 0.0517. The van der Waals surface area contributed by atoms with Gasteiger partial charge in [-0.25, -0.2) is 4.68 Å². The van der Waals surface area contributed by atoms with Crippen molar-refractivity contribution in [2.75, 3.05) is 24.4 Å². The van der Waals surface area contributed by atoms with E-state index < -0.39 is 0 Å². The number of aromatic nitrogens is 2. The van der Waals surface area contributed by atoms with Crippen LogP contribution in [-0.4, -0.2) is 35.8 Å². The highest BCUT2D eigenvalue weighted by molar-refractivity contribution is 6.04. The summed E-state index contributed by atoms with van der Waals surface area (Å²) in [5.74, 6) is 1.74. The maximum atomic E-state index is 12.8. The topological polar surface area (TPSA) is 85.7 Å². The molecule has 5 rings (SSSR count). The summed E-state index contributed by atoms with van der Waals surface area (Å²) in [5, 5.41) is 7.57. The van der Waals surface area contributed by atoms with E-state index >= 15 is 0 Å². The molecule has 1 aliphatic rings. The van der Waals surface area contributed by atoms with Crippen LogP contribution < -0.4 is 19.7 Å². The third-order valence-electron chi connectivity index (χ3n) is 6.11. The van der Waals surface area contributed by atoms with E-state index in [1.165, 1.54) is 0 Å². The van der Waals surface area contributed by atoms with E-state index in [4.69, 9.17) is 14.6 Å². The number of nitrogens with zero attached hydrogens (tertiary/aromatic N) is 3. The Morgan fingerprint density at radius 2 is 1.64 bits per heavy atom. The summed E-state index contributed by atoms with van der Waals surface area (Å²) in [6, 6.07) is 24.3. The largest absolute Gasteiger partial charge is 0.497 e. The number of methoxy groups -OCH3 is 2. The number of amides is 2. The molecular formula is C28H26N4O4. The van der Waals surface area contributed by atoms with Crippen LogP contribution in [0.2, 0.25) is 0 Å². The fraction of sp³-hybridized carbons (Fsp3) is 0.179. The fourth-order valence-corrected chi connectivity index (χ4v) is 4.20. The van der Waals surface area contributed by atoms with Crippen LogP contribution in [0, 0.1) is 0 Å². The number of hydrogen-bond acceptors (Lipinski definition) is 5. The monoisotopic (exact) mass is 482 g/mol. The quantitative estimate of drug-likeness (QED) is 0.411. The van der Waals surface area contributed by atoms with E-state index in [2.05, 4.69) is 5.32 Å². The number of fused-ring (bicyclic) bond motifs is 1. The van der Waals surface area contributed by atoms with E-state index in [0.717, 1.165) is 22.6 Å². The molecule has 4 aromatic rings. The van der Waals surface area contributed by atoms with Crippen LogP contribution in [0.4, 0.5) is 11.5 Å². The zero-order valence-electron chi connectivity index (χ0n) is 20.1. The maximum Gasteiger partial charge on any atom is 0.255 e. The first-order chi connectivity index (χ1) is 17.5. The summed E-state index contributed by atoms with van der Waals surface area (Å²) in [4.78, 5) is 27.3. The molecule has 0 atom stereocenters. The zero-order chi connectivity index (χ0) is 25.1. The van der Waals surface area contributed by atoms with Crippen molar-refractivity contribution in [2.24, 2.45) is 0 Å². The van der Waals surface area contributed by atoms with Crippen LogP contribution in [-0.2, 0) is 17.9 Å². The van der Waals surface area contributed by atoms with Gasteiger partial charge in [0.2, 0.25) is 5.91 Å². The number of hydrogen-bond donors (Lipinski definition) is 1. The second-order valence-corrected chi connectivity index (χ2v) is 8.46. The Balaban J connectivity index is 1.31. The first kappa shape index (κ1) is 23.2. The smallest absolute Gasteiger partial charge is 0.255 e. The molecule has 0 unspecified atom stereocenters. The van der Waals surface area contributed by atoms with Crippen molar-refractivity contribution in [1.82, 2.24) is 9.78 Å². The van der Waals surface area contributed by atoms with Crippen molar-refractivity contribution >= 4 is 23.3 Å². The molecule has 0 spiro atoms. The van der Waals surface area contributed by atoms with Gasteiger partial charge in [0, 0.05) is 47.5 Å². The van der Waals surface area contributed by atoms with E-state index in [-0.39, 0.29) is 11.8 Å². The second-order valence-electron chi connectivity index (χ2n) is 8.46. The number of rotatable bonds is 7. The number of ether oxygens (including phenoxy) is 2. The van der Waals surface area contributed by atoms with Gasteiger partial charge in [-0.1, -0.05) is 42.5 Å². The Bertz CT molecular complexity index is 1370. The highest BCUT2D eigenvalue weighted by atomic mass is 16.5. The van der Waals surface area contributed by atoms with E-state index in [0.29, 0.717) is 42.3 Å². The molecule has 0 radical (unpaired) electrons. The Morgan fingerprint density at radius 1 is 0.944 bits per heavy atom. The summed E-state index contributed by atoms with van der Waals surface area (Å²) < 4.78 is 12.4. The van der Waals surface area contributed by atoms with Crippen LogP contribution in [0.15, 0.2) is 78.9 Å². The maximum absolute atomic E-state index is 12.8.